The summed E-state index contributed by atoms with van der Waals surface area (Å²) in [5.74, 6) is 0.0235. The molecule has 0 aliphatic heterocycles. The van der Waals surface area contributed by atoms with E-state index in [9.17, 15) is 4.79 Å². The molecule has 2 aromatic heterocycles. The third-order valence-electron chi connectivity index (χ3n) is 2.57. The standard InChI is InChI=1S/C11H12ClN3O/c1-8-9(12)6-13-15(8)7-11(16)10-4-3-5-14(10)2/h3-6H,7H2,1-2H3. The van der Waals surface area contributed by atoms with Crippen molar-refractivity contribution in [2.24, 2.45) is 7.05 Å². The number of carbonyl (C=O) groups is 1. The summed E-state index contributed by atoms with van der Waals surface area (Å²) in [5, 5.41) is 4.63. The lowest BCUT2D eigenvalue weighted by Crippen LogP contribution is -2.15. The van der Waals surface area contributed by atoms with Crippen LogP contribution in [-0.2, 0) is 13.6 Å². The highest BCUT2D eigenvalue weighted by Crippen LogP contribution is 2.14. The molecule has 0 aromatic carbocycles. The van der Waals surface area contributed by atoms with Gasteiger partial charge in [-0.15, -0.1) is 0 Å². The van der Waals surface area contributed by atoms with E-state index in [0.29, 0.717) is 10.7 Å². The SMILES string of the molecule is Cc1c(Cl)cnn1CC(=O)c1cccn1C. The zero-order valence-electron chi connectivity index (χ0n) is 9.14. The Morgan fingerprint density at radius 3 is 2.81 bits per heavy atom. The minimum absolute atomic E-state index is 0.0235. The van der Waals surface area contributed by atoms with Gasteiger partial charge in [0.1, 0.15) is 6.54 Å². The molecule has 0 fully saturated rings. The summed E-state index contributed by atoms with van der Waals surface area (Å²) in [7, 11) is 1.84. The number of Topliss-reactive ketones (excluding diaryl/α,β-unsaturated/α-hetero) is 1. The van der Waals surface area contributed by atoms with E-state index in [1.165, 1.54) is 0 Å². The highest BCUT2D eigenvalue weighted by Gasteiger charge is 2.12. The molecule has 0 saturated carbocycles. The molecule has 0 atom stereocenters. The Hall–Kier alpha value is -1.55. The van der Waals surface area contributed by atoms with Crippen molar-refractivity contribution in [1.82, 2.24) is 14.3 Å². The van der Waals surface area contributed by atoms with Gasteiger partial charge in [-0.1, -0.05) is 11.6 Å². The van der Waals surface area contributed by atoms with Gasteiger partial charge >= 0.3 is 0 Å². The fraction of sp³-hybridized carbons (Fsp3) is 0.273. The summed E-state index contributed by atoms with van der Waals surface area (Å²) < 4.78 is 3.40. The van der Waals surface area contributed by atoms with E-state index in [-0.39, 0.29) is 12.3 Å². The number of halogens is 1. The molecule has 4 nitrogen and oxygen atoms in total. The average Bonchev–Trinajstić information content (AvgIpc) is 2.79. The number of aryl methyl sites for hydroxylation is 1. The summed E-state index contributed by atoms with van der Waals surface area (Å²) in [6.45, 7) is 2.06. The van der Waals surface area contributed by atoms with Gasteiger partial charge in [-0.05, 0) is 19.1 Å². The van der Waals surface area contributed by atoms with Crippen molar-refractivity contribution in [2.75, 3.05) is 0 Å². The first-order valence-electron chi connectivity index (χ1n) is 4.92. The van der Waals surface area contributed by atoms with Crippen molar-refractivity contribution < 1.29 is 4.79 Å². The summed E-state index contributed by atoms with van der Waals surface area (Å²) in [6, 6.07) is 3.64. The van der Waals surface area contributed by atoms with Crippen molar-refractivity contribution in [3.05, 3.63) is 40.9 Å². The van der Waals surface area contributed by atoms with Crippen molar-refractivity contribution in [1.29, 1.82) is 0 Å². The van der Waals surface area contributed by atoms with Gasteiger partial charge in [0.15, 0.2) is 0 Å². The zero-order chi connectivity index (χ0) is 11.7. The molecule has 0 aliphatic rings. The molecule has 84 valence electrons. The van der Waals surface area contributed by atoms with Gasteiger partial charge < -0.3 is 4.57 Å². The lowest BCUT2D eigenvalue weighted by Gasteiger charge is -2.04. The zero-order valence-corrected chi connectivity index (χ0v) is 9.90. The molecule has 2 rings (SSSR count). The van der Waals surface area contributed by atoms with Gasteiger partial charge in [-0.3, -0.25) is 9.48 Å². The van der Waals surface area contributed by atoms with Crippen LogP contribution in [0.4, 0.5) is 0 Å². The van der Waals surface area contributed by atoms with Crippen molar-refractivity contribution in [3.63, 3.8) is 0 Å². The first kappa shape index (κ1) is 11.0. The molecule has 0 unspecified atom stereocenters. The monoisotopic (exact) mass is 237 g/mol. The first-order chi connectivity index (χ1) is 7.59. The molecule has 0 radical (unpaired) electrons. The van der Waals surface area contributed by atoms with Gasteiger partial charge in [0.05, 0.1) is 22.6 Å². The number of carbonyl (C=O) groups excluding carboxylic acids is 1. The van der Waals surface area contributed by atoms with Crippen LogP contribution in [0.2, 0.25) is 5.02 Å². The predicted molar refractivity (Wildman–Crippen MR) is 61.7 cm³/mol. The van der Waals surface area contributed by atoms with Gasteiger partial charge in [-0.2, -0.15) is 5.10 Å². The fourth-order valence-corrected chi connectivity index (χ4v) is 1.69. The Balaban J connectivity index is 2.20. The van der Waals surface area contributed by atoms with E-state index < -0.39 is 0 Å². The second-order valence-corrected chi connectivity index (χ2v) is 4.07. The number of hydrogen-bond acceptors (Lipinski definition) is 2. The Morgan fingerprint density at radius 1 is 1.56 bits per heavy atom. The Labute approximate surface area is 98.4 Å². The Bertz CT molecular complexity index is 527. The molecule has 5 heteroatoms. The summed E-state index contributed by atoms with van der Waals surface area (Å²) in [5.41, 5.74) is 1.48. The number of nitrogens with zero attached hydrogens (tertiary/aromatic N) is 3. The molecule has 0 aliphatic carbocycles. The molecule has 0 bridgehead atoms. The molecular weight excluding hydrogens is 226 g/mol. The van der Waals surface area contributed by atoms with Crippen LogP contribution in [0.3, 0.4) is 0 Å². The second kappa shape index (κ2) is 4.14. The van der Waals surface area contributed by atoms with Crippen LogP contribution in [-0.4, -0.2) is 20.1 Å². The predicted octanol–water partition coefficient (Wildman–Crippen LogP) is 2.07. The largest absolute Gasteiger partial charge is 0.348 e. The highest BCUT2D eigenvalue weighted by molar-refractivity contribution is 6.31. The molecule has 0 saturated heterocycles. The van der Waals surface area contributed by atoms with Crippen LogP contribution < -0.4 is 0 Å². The smallest absolute Gasteiger partial charge is 0.200 e. The maximum absolute atomic E-state index is 11.9. The van der Waals surface area contributed by atoms with Crippen molar-refractivity contribution in [2.45, 2.75) is 13.5 Å². The lowest BCUT2D eigenvalue weighted by molar-refractivity contribution is 0.0959. The highest BCUT2D eigenvalue weighted by atomic mass is 35.5. The van der Waals surface area contributed by atoms with Crippen LogP contribution in [0.15, 0.2) is 24.5 Å². The molecule has 0 N–H and O–H groups in total. The molecular formula is C11H12ClN3O. The van der Waals surface area contributed by atoms with Crippen LogP contribution in [0.5, 0.6) is 0 Å². The first-order valence-corrected chi connectivity index (χ1v) is 5.30. The maximum Gasteiger partial charge on any atom is 0.200 e. The summed E-state index contributed by atoms with van der Waals surface area (Å²) in [4.78, 5) is 11.9. The van der Waals surface area contributed by atoms with Crippen molar-refractivity contribution >= 4 is 17.4 Å². The normalized spacial score (nSPS) is 10.7. The number of hydrogen-bond donors (Lipinski definition) is 0. The second-order valence-electron chi connectivity index (χ2n) is 3.66. The van der Waals surface area contributed by atoms with E-state index >= 15 is 0 Å². The summed E-state index contributed by atoms with van der Waals surface area (Å²) >= 11 is 5.87. The third kappa shape index (κ3) is 1.88. The Kier molecular flexibility index (Phi) is 2.83. The quantitative estimate of drug-likeness (QED) is 0.767. The van der Waals surface area contributed by atoms with Crippen LogP contribution in [0.25, 0.3) is 0 Å². The van der Waals surface area contributed by atoms with Crippen molar-refractivity contribution in [3.8, 4) is 0 Å². The van der Waals surface area contributed by atoms with E-state index in [1.54, 1.807) is 21.5 Å². The van der Waals surface area contributed by atoms with E-state index in [2.05, 4.69) is 5.10 Å². The number of rotatable bonds is 3. The summed E-state index contributed by atoms with van der Waals surface area (Å²) in [6.07, 6.45) is 3.39. The number of aromatic nitrogens is 3. The minimum atomic E-state index is 0.0235. The average molecular weight is 238 g/mol. The molecule has 2 aromatic rings. The third-order valence-corrected chi connectivity index (χ3v) is 2.94. The van der Waals surface area contributed by atoms with Crippen LogP contribution in [0.1, 0.15) is 16.2 Å². The lowest BCUT2D eigenvalue weighted by atomic mass is 10.3. The van der Waals surface area contributed by atoms with E-state index in [4.69, 9.17) is 11.6 Å². The van der Waals surface area contributed by atoms with Gasteiger partial charge in [-0.25, -0.2) is 0 Å². The minimum Gasteiger partial charge on any atom is -0.348 e. The number of ketones is 1. The van der Waals surface area contributed by atoms with E-state index in [1.807, 2.05) is 26.2 Å². The fourth-order valence-electron chi connectivity index (χ4n) is 1.55. The Morgan fingerprint density at radius 2 is 2.31 bits per heavy atom. The van der Waals surface area contributed by atoms with Gasteiger partial charge in [0, 0.05) is 13.2 Å². The molecule has 2 heterocycles. The van der Waals surface area contributed by atoms with Crippen LogP contribution >= 0.6 is 11.6 Å². The van der Waals surface area contributed by atoms with Crippen LogP contribution in [0, 0.1) is 6.92 Å². The van der Waals surface area contributed by atoms with E-state index in [0.717, 1.165) is 5.69 Å². The molecule has 0 spiro atoms. The van der Waals surface area contributed by atoms with Gasteiger partial charge in [0.2, 0.25) is 5.78 Å². The maximum atomic E-state index is 11.9. The molecule has 0 amide bonds. The van der Waals surface area contributed by atoms with Gasteiger partial charge in [0.25, 0.3) is 0 Å². The molecule has 16 heavy (non-hydrogen) atoms. The topological polar surface area (TPSA) is 39.8 Å².